The van der Waals surface area contributed by atoms with E-state index >= 15 is 0 Å². The first-order valence-corrected chi connectivity index (χ1v) is 2.40. The zero-order valence-corrected chi connectivity index (χ0v) is 4.73. The Bertz CT molecular complexity index is 23.1. The lowest BCUT2D eigenvalue weighted by Gasteiger charge is -2.19. The smallest absolute Gasteiger partial charge is 0.0668 e. The molecule has 0 aromatic heterocycles. The van der Waals surface area contributed by atoms with Gasteiger partial charge in [-0.2, -0.15) is 7.05 Å². The largest absolute Gasteiger partial charge is 0.662 e. The molecule has 0 saturated carbocycles. The zero-order valence-electron chi connectivity index (χ0n) is 4.73. The van der Waals surface area contributed by atoms with Gasteiger partial charge in [-0.15, -0.1) is 6.04 Å². The van der Waals surface area contributed by atoms with Gasteiger partial charge in [-0.1, -0.05) is 20.3 Å². The lowest BCUT2D eigenvalue weighted by molar-refractivity contribution is 0.786. The van der Waals surface area contributed by atoms with E-state index in [9.17, 15) is 0 Å². The van der Waals surface area contributed by atoms with E-state index in [-0.39, 0.29) is 0 Å². The SMILES string of the molecule is CC[C@@H](C)[N-]C. The van der Waals surface area contributed by atoms with Gasteiger partial charge in [0.2, 0.25) is 0 Å². The van der Waals surface area contributed by atoms with Crippen molar-refractivity contribution in [2.75, 3.05) is 7.05 Å². The molecule has 1 atom stereocenters. The summed E-state index contributed by atoms with van der Waals surface area (Å²) in [4.78, 5) is 0. The highest BCUT2D eigenvalue weighted by Gasteiger charge is 1.74. The molecule has 38 valence electrons. The summed E-state index contributed by atoms with van der Waals surface area (Å²) in [6.07, 6.45) is 1.16. The fourth-order valence-corrected chi connectivity index (χ4v) is 0.183. The minimum atomic E-state index is 0.560. The van der Waals surface area contributed by atoms with Crippen molar-refractivity contribution in [2.24, 2.45) is 0 Å². The Balaban J connectivity index is 2.75. The van der Waals surface area contributed by atoms with Gasteiger partial charge >= 0.3 is 0 Å². The summed E-state index contributed by atoms with van der Waals surface area (Å²) >= 11 is 0. The molecule has 1 heteroatoms. The molecule has 0 aliphatic heterocycles. The molecule has 1 nitrogen and oxygen atoms in total. The summed E-state index contributed by atoms with van der Waals surface area (Å²) in [5.41, 5.74) is 0. The van der Waals surface area contributed by atoms with Crippen molar-refractivity contribution >= 4 is 0 Å². The van der Waals surface area contributed by atoms with Crippen LogP contribution in [0.15, 0.2) is 0 Å². The fourth-order valence-electron chi connectivity index (χ4n) is 0.183. The van der Waals surface area contributed by atoms with Crippen molar-refractivity contribution in [3.63, 3.8) is 0 Å². The average molecular weight is 86.2 g/mol. The van der Waals surface area contributed by atoms with Gasteiger partial charge in [-0.25, -0.2) is 0 Å². The van der Waals surface area contributed by atoms with Crippen LogP contribution in [0.4, 0.5) is 0 Å². The van der Waals surface area contributed by atoms with Crippen LogP contribution >= 0.6 is 0 Å². The van der Waals surface area contributed by atoms with Crippen LogP contribution in [0.3, 0.4) is 0 Å². The highest BCUT2D eigenvalue weighted by molar-refractivity contribution is 4.79. The predicted molar refractivity (Wildman–Crippen MR) is 29.0 cm³/mol. The Morgan fingerprint density at radius 2 is 2.17 bits per heavy atom. The summed E-state index contributed by atoms with van der Waals surface area (Å²) in [6.45, 7) is 4.25. The maximum atomic E-state index is 4.01. The Morgan fingerprint density at radius 3 is 2.17 bits per heavy atom. The molecule has 0 fully saturated rings. The van der Waals surface area contributed by atoms with E-state index in [0.29, 0.717) is 6.04 Å². The third-order valence-corrected chi connectivity index (χ3v) is 1.03. The molecule has 0 aromatic rings. The Kier molecular flexibility index (Phi) is 3.14. The van der Waals surface area contributed by atoms with Crippen molar-refractivity contribution < 1.29 is 0 Å². The lowest BCUT2D eigenvalue weighted by Crippen LogP contribution is -1.93. The van der Waals surface area contributed by atoms with Crippen molar-refractivity contribution in [1.29, 1.82) is 0 Å². The first-order chi connectivity index (χ1) is 2.81. The van der Waals surface area contributed by atoms with Gasteiger partial charge in [-0.05, 0) is 0 Å². The van der Waals surface area contributed by atoms with E-state index in [1.165, 1.54) is 0 Å². The first-order valence-electron chi connectivity index (χ1n) is 2.40. The molecule has 0 saturated heterocycles. The molecule has 6 heavy (non-hydrogen) atoms. The minimum absolute atomic E-state index is 0.560. The highest BCUT2D eigenvalue weighted by Crippen LogP contribution is 1.96. The van der Waals surface area contributed by atoms with Gasteiger partial charge < -0.3 is 5.32 Å². The molecule has 0 rings (SSSR count). The van der Waals surface area contributed by atoms with Gasteiger partial charge in [0.1, 0.15) is 0 Å². The van der Waals surface area contributed by atoms with E-state index in [4.69, 9.17) is 0 Å². The topological polar surface area (TPSA) is 14.1 Å². The van der Waals surface area contributed by atoms with E-state index in [2.05, 4.69) is 19.2 Å². The monoisotopic (exact) mass is 86.1 g/mol. The van der Waals surface area contributed by atoms with E-state index in [1.807, 2.05) is 7.05 Å². The third-order valence-electron chi connectivity index (χ3n) is 1.03. The van der Waals surface area contributed by atoms with Gasteiger partial charge in [0.05, 0.1) is 0 Å². The van der Waals surface area contributed by atoms with Crippen molar-refractivity contribution in [1.82, 2.24) is 0 Å². The summed E-state index contributed by atoms with van der Waals surface area (Å²) < 4.78 is 0. The Hall–Kier alpha value is -0.0400. The predicted octanol–water partition coefficient (Wildman–Crippen LogP) is 1.79. The van der Waals surface area contributed by atoms with Crippen LogP contribution in [0, 0.1) is 0 Å². The minimum Gasteiger partial charge on any atom is -0.662 e. The number of hydrogen-bond donors (Lipinski definition) is 0. The molecule has 0 unspecified atom stereocenters. The number of nitrogens with zero attached hydrogens (tertiary/aromatic N) is 1. The Morgan fingerprint density at radius 1 is 1.67 bits per heavy atom. The molecule has 0 amide bonds. The Labute approximate surface area is 39.7 Å². The second kappa shape index (κ2) is 3.16. The van der Waals surface area contributed by atoms with Crippen LogP contribution in [0.25, 0.3) is 5.32 Å². The van der Waals surface area contributed by atoms with Crippen LogP contribution in [-0.2, 0) is 0 Å². The average Bonchev–Trinajstić information content (AvgIpc) is 1.65. The summed E-state index contributed by atoms with van der Waals surface area (Å²) in [6, 6.07) is 0.560. The van der Waals surface area contributed by atoms with E-state index in [0.717, 1.165) is 6.42 Å². The third kappa shape index (κ3) is 2.21. The van der Waals surface area contributed by atoms with Gasteiger partial charge in [0, 0.05) is 0 Å². The van der Waals surface area contributed by atoms with Crippen LogP contribution in [0.1, 0.15) is 20.3 Å². The highest BCUT2D eigenvalue weighted by atomic mass is 14.8. The molecule has 0 aliphatic rings. The molecule has 0 heterocycles. The molecule has 0 aliphatic carbocycles. The number of hydrogen-bond acceptors (Lipinski definition) is 0. The fraction of sp³-hybridized carbons (Fsp3) is 1.00. The van der Waals surface area contributed by atoms with Crippen molar-refractivity contribution in [3.05, 3.63) is 5.32 Å². The molecule has 0 N–H and O–H groups in total. The molecule has 0 spiro atoms. The number of rotatable bonds is 2. The molecule has 0 bridgehead atoms. The molecule has 0 radical (unpaired) electrons. The summed E-state index contributed by atoms with van der Waals surface area (Å²) in [5, 5.41) is 4.01. The van der Waals surface area contributed by atoms with Crippen molar-refractivity contribution in [2.45, 2.75) is 26.3 Å². The summed E-state index contributed by atoms with van der Waals surface area (Å²) in [5.74, 6) is 0. The maximum Gasteiger partial charge on any atom is -0.0668 e. The van der Waals surface area contributed by atoms with E-state index in [1.54, 1.807) is 0 Å². The van der Waals surface area contributed by atoms with Gasteiger partial charge in [0.25, 0.3) is 0 Å². The quantitative estimate of drug-likeness (QED) is 0.486. The standard InChI is InChI=1S/C5H12N/c1-4-5(2)6-3/h5H,4H2,1-3H3/q-1/t5-/m1/s1. The normalized spacial score (nSPS) is 14.5. The van der Waals surface area contributed by atoms with Crippen LogP contribution in [0.2, 0.25) is 0 Å². The zero-order chi connectivity index (χ0) is 4.99. The van der Waals surface area contributed by atoms with Gasteiger partial charge in [0.15, 0.2) is 0 Å². The van der Waals surface area contributed by atoms with Crippen LogP contribution in [-0.4, -0.2) is 13.1 Å². The maximum absolute atomic E-state index is 4.01. The lowest BCUT2D eigenvalue weighted by atomic mass is 10.3. The molecule has 0 aromatic carbocycles. The first kappa shape index (κ1) is 5.96. The van der Waals surface area contributed by atoms with Crippen LogP contribution in [0.5, 0.6) is 0 Å². The van der Waals surface area contributed by atoms with Crippen LogP contribution < -0.4 is 0 Å². The molecular formula is C5H12N-. The van der Waals surface area contributed by atoms with E-state index < -0.39 is 0 Å². The van der Waals surface area contributed by atoms with Crippen molar-refractivity contribution in [3.8, 4) is 0 Å². The molecular weight excluding hydrogens is 74.1 g/mol. The summed E-state index contributed by atoms with van der Waals surface area (Å²) in [7, 11) is 1.86. The van der Waals surface area contributed by atoms with Gasteiger partial charge in [-0.3, -0.25) is 0 Å². The second-order valence-electron chi connectivity index (χ2n) is 1.52. The second-order valence-corrected chi connectivity index (χ2v) is 1.52.